The van der Waals surface area contributed by atoms with Gasteiger partial charge in [-0.1, -0.05) is 13.0 Å². The van der Waals surface area contributed by atoms with Crippen LogP contribution in [0.3, 0.4) is 0 Å². The summed E-state index contributed by atoms with van der Waals surface area (Å²) in [6.45, 7) is 5.15. The number of aryl methyl sites for hydroxylation is 2. The minimum Gasteiger partial charge on any atom is -0.364 e. The number of nitrogens with zero attached hydrogens (tertiary/aromatic N) is 5. The Bertz CT molecular complexity index is 1480. The lowest BCUT2D eigenvalue weighted by molar-refractivity contribution is 0.0384. The quantitative estimate of drug-likeness (QED) is 0.436. The molecule has 0 bridgehead atoms. The highest BCUT2D eigenvalue weighted by Gasteiger charge is 2.29. The number of H-pyrrole nitrogens is 1. The number of hydrogen-bond acceptors (Lipinski definition) is 4. The number of rotatable bonds is 4. The van der Waals surface area contributed by atoms with E-state index in [4.69, 9.17) is 14.8 Å². The molecule has 0 fully saturated rings. The molecule has 0 saturated heterocycles. The third-order valence-electron chi connectivity index (χ3n) is 6.15. The Morgan fingerprint density at radius 3 is 2.91 bits per heavy atom. The highest BCUT2D eigenvalue weighted by molar-refractivity contribution is 5.86. The lowest BCUT2D eigenvalue weighted by Crippen LogP contribution is -2.24. The summed E-state index contributed by atoms with van der Waals surface area (Å²) < 4.78 is 23.8. The van der Waals surface area contributed by atoms with E-state index in [0.29, 0.717) is 19.0 Å². The van der Waals surface area contributed by atoms with Gasteiger partial charge in [0.25, 0.3) is 0 Å². The van der Waals surface area contributed by atoms with Crippen molar-refractivity contribution in [1.29, 1.82) is 0 Å². The molecule has 0 aliphatic carbocycles. The highest BCUT2D eigenvalue weighted by atomic mass is 19.1. The summed E-state index contributed by atoms with van der Waals surface area (Å²) >= 11 is 0. The van der Waals surface area contributed by atoms with Crippen LogP contribution in [0.4, 0.5) is 4.39 Å². The number of aromatic amines is 1. The molecule has 1 N–H and O–H groups in total. The SMILES string of the molecule is CCc1cc(F)ccc1C1OCCn2nc(-c3cc4cc(-n5cnc(C)c5)ccc4[nH]3)nc21. The summed E-state index contributed by atoms with van der Waals surface area (Å²) in [7, 11) is 0. The second kappa shape index (κ2) is 7.67. The van der Waals surface area contributed by atoms with Gasteiger partial charge >= 0.3 is 0 Å². The summed E-state index contributed by atoms with van der Waals surface area (Å²) in [5.74, 6) is 1.12. The van der Waals surface area contributed by atoms with Crippen molar-refractivity contribution in [2.75, 3.05) is 6.61 Å². The second-order valence-corrected chi connectivity index (χ2v) is 8.34. The number of benzene rings is 2. The molecule has 0 spiro atoms. The van der Waals surface area contributed by atoms with Crippen LogP contribution in [0.15, 0.2) is 55.0 Å². The summed E-state index contributed by atoms with van der Waals surface area (Å²) in [6.07, 6.45) is 4.17. The number of aromatic nitrogens is 6. The number of hydrogen-bond donors (Lipinski definition) is 1. The van der Waals surface area contributed by atoms with Crippen molar-refractivity contribution in [1.82, 2.24) is 29.3 Å². The zero-order chi connectivity index (χ0) is 22.5. The zero-order valence-electron chi connectivity index (χ0n) is 18.4. The summed E-state index contributed by atoms with van der Waals surface area (Å²) in [5, 5.41) is 5.82. The van der Waals surface area contributed by atoms with E-state index in [-0.39, 0.29) is 11.9 Å². The molecule has 7 nitrogen and oxygen atoms in total. The average Bonchev–Trinajstić information content (AvgIpc) is 3.55. The second-order valence-electron chi connectivity index (χ2n) is 8.34. The molecule has 1 atom stereocenters. The van der Waals surface area contributed by atoms with Crippen LogP contribution in [0.25, 0.3) is 28.1 Å². The van der Waals surface area contributed by atoms with Crippen molar-refractivity contribution < 1.29 is 9.13 Å². The van der Waals surface area contributed by atoms with Crippen LogP contribution in [0.1, 0.15) is 35.7 Å². The third kappa shape index (κ3) is 3.43. The van der Waals surface area contributed by atoms with E-state index in [9.17, 15) is 4.39 Å². The van der Waals surface area contributed by atoms with Crippen LogP contribution in [0, 0.1) is 12.7 Å². The van der Waals surface area contributed by atoms with E-state index in [1.165, 1.54) is 6.07 Å². The molecule has 8 heteroatoms. The summed E-state index contributed by atoms with van der Waals surface area (Å²) in [6, 6.07) is 13.1. The van der Waals surface area contributed by atoms with Gasteiger partial charge in [-0.2, -0.15) is 0 Å². The minimum atomic E-state index is -0.365. The monoisotopic (exact) mass is 442 g/mol. The van der Waals surface area contributed by atoms with Gasteiger partial charge in [0.2, 0.25) is 0 Å². The van der Waals surface area contributed by atoms with Crippen molar-refractivity contribution in [3.63, 3.8) is 0 Å². The van der Waals surface area contributed by atoms with Gasteiger partial charge < -0.3 is 14.3 Å². The first-order valence-corrected chi connectivity index (χ1v) is 11.1. The Kier molecular flexibility index (Phi) is 4.62. The summed E-state index contributed by atoms with van der Waals surface area (Å²) in [4.78, 5) is 12.6. The molecule has 3 aromatic heterocycles. The molecule has 33 heavy (non-hydrogen) atoms. The molecule has 0 radical (unpaired) electrons. The molecule has 2 aromatic carbocycles. The van der Waals surface area contributed by atoms with Gasteiger partial charge in [-0.25, -0.2) is 19.0 Å². The molecule has 166 valence electrons. The maximum atomic E-state index is 13.8. The molecule has 4 heterocycles. The lowest BCUT2D eigenvalue weighted by Gasteiger charge is -2.24. The number of ether oxygens (including phenoxy) is 1. The topological polar surface area (TPSA) is 73.6 Å². The van der Waals surface area contributed by atoms with E-state index in [1.807, 2.05) is 35.6 Å². The van der Waals surface area contributed by atoms with Crippen molar-refractivity contribution >= 4 is 10.9 Å². The molecule has 1 unspecified atom stereocenters. The Morgan fingerprint density at radius 1 is 1.18 bits per heavy atom. The number of fused-ring (bicyclic) bond motifs is 2. The van der Waals surface area contributed by atoms with E-state index in [1.54, 1.807) is 12.1 Å². The molecule has 1 aliphatic heterocycles. The Labute approximate surface area is 189 Å². The fourth-order valence-electron chi connectivity index (χ4n) is 4.49. The first kappa shape index (κ1) is 19.9. The Morgan fingerprint density at radius 2 is 2.09 bits per heavy atom. The highest BCUT2D eigenvalue weighted by Crippen LogP contribution is 2.33. The van der Waals surface area contributed by atoms with Crippen LogP contribution in [0.2, 0.25) is 0 Å². The van der Waals surface area contributed by atoms with Crippen molar-refractivity contribution in [3.05, 3.63) is 83.5 Å². The molecule has 1 aliphatic rings. The smallest absolute Gasteiger partial charge is 0.197 e. The summed E-state index contributed by atoms with van der Waals surface area (Å²) in [5.41, 5.74) is 5.74. The largest absolute Gasteiger partial charge is 0.364 e. The number of nitrogens with one attached hydrogen (secondary N) is 1. The average molecular weight is 442 g/mol. The standard InChI is InChI=1S/C25H23FN6O/c1-3-16-10-18(26)4-6-20(16)23-25-29-24(30-32(25)8-9-33-23)22-12-17-11-19(5-7-21(17)28-22)31-13-15(2)27-14-31/h4-7,10-14,23,28H,3,8-9H2,1-2H3. The predicted molar refractivity (Wildman–Crippen MR) is 123 cm³/mol. The fourth-order valence-corrected chi connectivity index (χ4v) is 4.49. The maximum Gasteiger partial charge on any atom is 0.197 e. The van der Waals surface area contributed by atoms with Gasteiger partial charge in [0, 0.05) is 22.8 Å². The van der Waals surface area contributed by atoms with Crippen LogP contribution in [-0.4, -0.2) is 35.9 Å². The van der Waals surface area contributed by atoms with Crippen molar-refractivity contribution in [2.24, 2.45) is 0 Å². The van der Waals surface area contributed by atoms with Gasteiger partial charge in [-0.3, -0.25) is 0 Å². The van der Waals surface area contributed by atoms with E-state index in [0.717, 1.165) is 51.4 Å². The first-order chi connectivity index (χ1) is 16.1. The van der Waals surface area contributed by atoms with E-state index in [2.05, 4.69) is 34.2 Å². The van der Waals surface area contributed by atoms with Crippen molar-refractivity contribution in [2.45, 2.75) is 32.9 Å². The molecule has 5 aromatic rings. The van der Waals surface area contributed by atoms with E-state index >= 15 is 0 Å². The zero-order valence-corrected chi connectivity index (χ0v) is 18.4. The van der Waals surface area contributed by atoms with Gasteiger partial charge in [-0.05, 0) is 60.9 Å². The molecular weight excluding hydrogens is 419 g/mol. The van der Waals surface area contributed by atoms with Gasteiger partial charge in [-0.15, -0.1) is 5.10 Å². The van der Waals surface area contributed by atoms with Gasteiger partial charge in [0.05, 0.1) is 30.9 Å². The predicted octanol–water partition coefficient (Wildman–Crippen LogP) is 4.74. The van der Waals surface area contributed by atoms with Crippen LogP contribution >= 0.6 is 0 Å². The van der Waals surface area contributed by atoms with E-state index < -0.39 is 0 Å². The number of imidazole rings is 1. The lowest BCUT2D eigenvalue weighted by atomic mass is 9.99. The van der Waals surface area contributed by atoms with Gasteiger partial charge in [0.15, 0.2) is 11.6 Å². The van der Waals surface area contributed by atoms with Gasteiger partial charge in [0.1, 0.15) is 11.9 Å². The first-order valence-electron chi connectivity index (χ1n) is 11.1. The van der Waals surface area contributed by atoms with Crippen molar-refractivity contribution in [3.8, 4) is 17.2 Å². The number of halogens is 1. The van der Waals surface area contributed by atoms with Crippen LogP contribution < -0.4 is 0 Å². The fraction of sp³-hybridized carbons (Fsp3) is 0.240. The third-order valence-corrected chi connectivity index (χ3v) is 6.15. The molecular formula is C25H23FN6O. The Balaban J connectivity index is 1.38. The van der Waals surface area contributed by atoms with Crippen LogP contribution in [-0.2, 0) is 17.7 Å². The van der Waals surface area contributed by atoms with Crippen LogP contribution in [0.5, 0.6) is 0 Å². The molecule has 6 rings (SSSR count). The minimum absolute atomic E-state index is 0.239. The maximum absolute atomic E-state index is 13.8. The normalized spacial score (nSPS) is 15.8. The Hall–Kier alpha value is -3.78. The molecule has 0 saturated carbocycles. The molecule has 0 amide bonds.